The largest absolute Gasteiger partial charge is 0.427 e. The zero-order valence-corrected chi connectivity index (χ0v) is 21.9. The van der Waals surface area contributed by atoms with E-state index in [0.717, 1.165) is 32.6 Å². The molecule has 4 aromatic rings. The lowest BCUT2D eigenvalue weighted by atomic mass is 10.1. The van der Waals surface area contributed by atoms with Gasteiger partial charge in [0, 0.05) is 27.5 Å². The van der Waals surface area contributed by atoms with Crippen molar-refractivity contribution in [3.63, 3.8) is 0 Å². The summed E-state index contributed by atoms with van der Waals surface area (Å²) in [6.45, 7) is 3.49. The standard InChI is InChI=1S/C31H22N2O2S2/c1-19-3-5-21(6-4-19)9-17-28-32-24-13-16-27-31-25(14-15-26(36-28)30(24)31)33-29(37-27)18-10-22-7-11-23(12-8-22)35-20(2)34/h3-18H,1-2H3/b17-9+,18-10+. The van der Waals surface area contributed by atoms with E-state index < -0.39 is 0 Å². The minimum Gasteiger partial charge on any atom is -0.427 e. The number of rotatable bonds is 5. The van der Waals surface area contributed by atoms with Crippen molar-refractivity contribution in [2.45, 2.75) is 23.6 Å². The van der Waals surface area contributed by atoms with Gasteiger partial charge in [-0.25, -0.2) is 9.98 Å². The third-order valence-electron chi connectivity index (χ3n) is 5.99. The Hall–Kier alpha value is -3.87. The van der Waals surface area contributed by atoms with Crippen LogP contribution in [0.25, 0.3) is 22.9 Å². The predicted octanol–water partition coefficient (Wildman–Crippen LogP) is 8.77. The van der Waals surface area contributed by atoms with Crippen molar-refractivity contribution >= 4 is 73.9 Å². The van der Waals surface area contributed by atoms with Crippen LogP contribution >= 0.6 is 23.5 Å². The fourth-order valence-corrected chi connectivity index (χ4v) is 6.13. The van der Waals surface area contributed by atoms with E-state index in [4.69, 9.17) is 14.7 Å². The van der Waals surface area contributed by atoms with Crippen LogP contribution in [-0.4, -0.2) is 16.1 Å². The Kier molecular flexibility index (Phi) is 6.28. The summed E-state index contributed by atoms with van der Waals surface area (Å²) in [5.41, 5.74) is 5.38. The molecule has 4 aromatic carbocycles. The summed E-state index contributed by atoms with van der Waals surface area (Å²) >= 11 is 3.36. The maximum absolute atomic E-state index is 11.1. The van der Waals surface area contributed by atoms with E-state index >= 15 is 0 Å². The Balaban J connectivity index is 1.27. The number of carbonyl (C=O) groups excluding carboxylic acids is 1. The van der Waals surface area contributed by atoms with E-state index in [0.29, 0.717) is 5.75 Å². The quantitative estimate of drug-likeness (QED) is 0.196. The van der Waals surface area contributed by atoms with Crippen molar-refractivity contribution in [3.05, 3.63) is 102 Å². The van der Waals surface area contributed by atoms with Crippen LogP contribution in [0.4, 0.5) is 11.4 Å². The molecule has 4 nitrogen and oxygen atoms in total. The Morgan fingerprint density at radius 2 is 1.16 bits per heavy atom. The first-order chi connectivity index (χ1) is 18.0. The Morgan fingerprint density at radius 1 is 0.676 bits per heavy atom. The zero-order chi connectivity index (χ0) is 25.4. The highest BCUT2D eigenvalue weighted by molar-refractivity contribution is 8.15. The third-order valence-corrected chi connectivity index (χ3v) is 7.98. The summed E-state index contributed by atoms with van der Waals surface area (Å²) < 4.78 is 5.11. The molecule has 6 heteroatoms. The van der Waals surface area contributed by atoms with Crippen LogP contribution < -0.4 is 4.74 Å². The number of hydrogen-bond donors (Lipinski definition) is 0. The lowest BCUT2D eigenvalue weighted by Crippen LogP contribution is -2.00. The first-order valence-corrected chi connectivity index (χ1v) is 13.5. The van der Waals surface area contributed by atoms with Crippen molar-refractivity contribution < 1.29 is 9.53 Å². The van der Waals surface area contributed by atoms with Crippen LogP contribution in [-0.2, 0) is 4.79 Å². The van der Waals surface area contributed by atoms with Crippen LogP contribution in [0, 0.1) is 6.92 Å². The number of aryl methyl sites for hydroxylation is 1. The Labute approximate surface area is 223 Å². The molecule has 0 unspecified atom stereocenters. The normalized spacial score (nSPS) is 14.2. The minimum absolute atomic E-state index is 0.325. The molecule has 0 amide bonds. The van der Waals surface area contributed by atoms with Crippen LogP contribution in [0.5, 0.6) is 5.75 Å². The number of nitrogens with zero attached hydrogens (tertiary/aromatic N) is 2. The second-order valence-electron chi connectivity index (χ2n) is 8.76. The molecule has 0 radical (unpaired) electrons. The van der Waals surface area contributed by atoms with Gasteiger partial charge in [-0.1, -0.05) is 77.6 Å². The molecule has 6 rings (SSSR count). The second-order valence-corrected chi connectivity index (χ2v) is 10.9. The molecule has 0 bridgehead atoms. The minimum atomic E-state index is -0.325. The maximum atomic E-state index is 11.1. The summed E-state index contributed by atoms with van der Waals surface area (Å²) in [7, 11) is 0. The number of thioether (sulfide) groups is 2. The van der Waals surface area contributed by atoms with Gasteiger partial charge in [-0.15, -0.1) is 0 Å². The number of benzene rings is 4. The van der Waals surface area contributed by atoms with E-state index in [2.05, 4.69) is 67.6 Å². The smallest absolute Gasteiger partial charge is 0.308 e. The van der Waals surface area contributed by atoms with Gasteiger partial charge < -0.3 is 4.74 Å². The zero-order valence-electron chi connectivity index (χ0n) is 20.3. The molecule has 0 saturated carbocycles. The van der Waals surface area contributed by atoms with Gasteiger partial charge in [-0.2, -0.15) is 0 Å². The average Bonchev–Trinajstić information content (AvgIpc) is 2.90. The van der Waals surface area contributed by atoms with Crippen LogP contribution in [0.15, 0.2) is 105 Å². The van der Waals surface area contributed by atoms with Crippen molar-refractivity contribution in [1.82, 2.24) is 0 Å². The summed E-state index contributed by atoms with van der Waals surface area (Å²) in [6, 6.07) is 24.4. The van der Waals surface area contributed by atoms with E-state index in [-0.39, 0.29) is 5.97 Å². The molecule has 0 aromatic heterocycles. The van der Waals surface area contributed by atoms with Gasteiger partial charge in [-0.3, -0.25) is 4.79 Å². The van der Waals surface area contributed by atoms with Gasteiger partial charge in [0.1, 0.15) is 15.8 Å². The molecule has 0 aliphatic carbocycles. The molecule has 180 valence electrons. The molecule has 0 spiro atoms. The Bertz CT molecular complexity index is 1660. The van der Waals surface area contributed by atoms with Gasteiger partial charge in [0.25, 0.3) is 0 Å². The number of carbonyl (C=O) groups is 1. The maximum Gasteiger partial charge on any atom is 0.308 e. The van der Waals surface area contributed by atoms with E-state index in [9.17, 15) is 4.79 Å². The highest BCUT2D eigenvalue weighted by Gasteiger charge is 2.22. The van der Waals surface area contributed by atoms with E-state index in [1.54, 1.807) is 35.7 Å². The summed E-state index contributed by atoms with van der Waals surface area (Å²) in [4.78, 5) is 23.4. The third kappa shape index (κ3) is 5.03. The molecule has 0 fully saturated rings. The number of ether oxygens (including phenoxy) is 1. The monoisotopic (exact) mass is 518 g/mol. The molecule has 0 N–H and O–H groups in total. The highest BCUT2D eigenvalue weighted by atomic mass is 32.2. The number of esters is 1. The predicted molar refractivity (Wildman–Crippen MR) is 157 cm³/mol. The van der Waals surface area contributed by atoms with Crippen LogP contribution in [0.3, 0.4) is 0 Å². The summed E-state index contributed by atoms with van der Waals surface area (Å²) in [5.74, 6) is 0.214. The fourth-order valence-electron chi connectivity index (χ4n) is 4.23. The van der Waals surface area contributed by atoms with Gasteiger partial charge in [0.15, 0.2) is 0 Å². The molecule has 2 heterocycles. The van der Waals surface area contributed by atoms with E-state index in [1.165, 1.54) is 33.1 Å². The number of aliphatic imine (C=N–C) groups is 2. The highest BCUT2D eigenvalue weighted by Crippen LogP contribution is 2.49. The second kappa shape index (κ2) is 9.88. The summed E-state index contributed by atoms with van der Waals surface area (Å²) in [5, 5.41) is 4.24. The fraction of sp³-hybridized carbons (Fsp3) is 0.0645. The van der Waals surface area contributed by atoms with Gasteiger partial charge in [0.05, 0.1) is 11.4 Å². The van der Waals surface area contributed by atoms with Crippen LogP contribution in [0.1, 0.15) is 23.6 Å². The molecular formula is C31H22N2O2S2. The molecule has 0 atom stereocenters. The van der Waals surface area contributed by atoms with Gasteiger partial charge in [0.2, 0.25) is 0 Å². The SMILES string of the molecule is CC(=O)Oc1ccc(/C=C/C2=Nc3ccc4c5c(ccc(c35)S2)N=C(/C=C/c2ccc(C)cc2)S4)cc1. The van der Waals surface area contributed by atoms with Crippen molar-refractivity contribution in [2.24, 2.45) is 9.98 Å². The Morgan fingerprint density at radius 3 is 1.65 bits per heavy atom. The van der Waals surface area contributed by atoms with Crippen molar-refractivity contribution in [2.75, 3.05) is 0 Å². The molecule has 37 heavy (non-hydrogen) atoms. The van der Waals surface area contributed by atoms with E-state index in [1.807, 2.05) is 24.3 Å². The van der Waals surface area contributed by atoms with Gasteiger partial charge in [-0.05, 0) is 66.6 Å². The lowest BCUT2D eigenvalue weighted by Gasteiger charge is -2.21. The summed E-state index contributed by atoms with van der Waals surface area (Å²) in [6.07, 6.45) is 8.24. The average molecular weight is 519 g/mol. The van der Waals surface area contributed by atoms with Gasteiger partial charge >= 0.3 is 5.97 Å². The first kappa shape index (κ1) is 23.5. The van der Waals surface area contributed by atoms with Crippen molar-refractivity contribution in [3.8, 4) is 5.75 Å². The number of hydrogen-bond acceptors (Lipinski definition) is 6. The molecule has 0 saturated heterocycles. The molecule has 2 aliphatic rings. The van der Waals surface area contributed by atoms with Crippen molar-refractivity contribution in [1.29, 1.82) is 0 Å². The first-order valence-electron chi connectivity index (χ1n) is 11.9. The topological polar surface area (TPSA) is 51.0 Å². The molecular weight excluding hydrogens is 496 g/mol. The lowest BCUT2D eigenvalue weighted by molar-refractivity contribution is -0.131. The van der Waals surface area contributed by atoms with Crippen LogP contribution in [0.2, 0.25) is 0 Å². The molecule has 2 aliphatic heterocycles.